The highest BCUT2D eigenvalue weighted by Crippen LogP contribution is 2.30. The van der Waals surface area contributed by atoms with Crippen LogP contribution >= 0.6 is 11.7 Å². The van der Waals surface area contributed by atoms with Crippen LogP contribution in [-0.2, 0) is 4.74 Å². The van der Waals surface area contributed by atoms with Crippen LogP contribution in [0.4, 0.5) is 4.79 Å². The second-order valence-electron chi connectivity index (χ2n) is 8.94. The molecule has 1 amide bonds. The van der Waals surface area contributed by atoms with E-state index in [0.717, 1.165) is 63.1 Å². The molecule has 0 aliphatic carbocycles. The highest BCUT2D eigenvalue weighted by Gasteiger charge is 2.32. The number of piperidine rings is 1. The fraction of sp³-hybridized carbons (Fsp3) is 0.773. The van der Waals surface area contributed by atoms with E-state index in [1.54, 1.807) is 0 Å². The number of aromatic nitrogens is 2. The Morgan fingerprint density at radius 1 is 1.29 bits per heavy atom. The van der Waals surface area contributed by atoms with Gasteiger partial charge in [-0.05, 0) is 26.3 Å². The summed E-state index contributed by atoms with van der Waals surface area (Å²) in [4.78, 5) is 14.4. The van der Waals surface area contributed by atoms with Crippen molar-refractivity contribution in [2.75, 3.05) is 53.6 Å². The monoisotopic (exact) mass is 452 g/mol. The topological polar surface area (TPSA) is 76.6 Å². The van der Waals surface area contributed by atoms with Gasteiger partial charge in [-0.25, -0.2) is 4.79 Å². The first-order chi connectivity index (χ1) is 15.0. The molecule has 0 bridgehead atoms. The number of likely N-dealkylation sites (tertiary alicyclic amines) is 1. The van der Waals surface area contributed by atoms with E-state index >= 15 is 0 Å². The maximum absolute atomic E-state index is 12.6. The van der Waals surface area contributed by atoms with Gasteiger partial charge >= 0.3 is 6.09 Å². The Bertz CT molecular complexity index is 732. The predicted molar refractivity (Wildman–Crippen MR) is 123 cm³/mol. The predicted octanol–water partition coefficient (Wildman–Crippen LogP) is 3.51. The largest absolute Gasteiger partial charge is 0.475 e. The fourth-order valence-corrected chi connectivity index (χ4v) is 4.74. The average Bonchev–Trinajstić information content (AvgIpc) is 3.26. The van der Waals surface area contributed by atoms with Gasteiger partial charge in [-0.3, -0.25) is 4.48 Å². The molecule has 0 saturated carbocycles. The first-order valence-electron chi connectivity index (χ1n) is 11.6. The molecule has 2 aliphatic rings. The van der Waals surface area contributed by atoms with Crippen molar-refractivity contribution >= 4 is 23.4 Å². The zero-order valence-electron chi connectivity index (χ0n) is 19.3. The molecule has 2 aliphatic heterocycles. The fourth-order valence-electron chi connectivity index (χ4n) is 4.21. The first-order valence-corrected chi connectivity index (χ1v) is 12.3. The molecule has 1 fully saturated rings. The Morgan fingerprint density at radius 2 is 2.10 bits per heavy atom. The molecular weight excluding hydrogens is 414 g/mol. The van der Waals surface area contributed by atoms with Crippen molar-refractivity contribution < 1.29 is 18.8 Å². The summed E-state index contributed by atoms with van der Waals surface area (Å²) in [5.41, 5.74) is 1.99. The quantitative estimate of drug-likeness (QED) is 0.432. The summed E-state index contributed by atoms with van der Waals surface area (Å²) in [7, 11) is 4.12. The van der Waals surface area contributed by atoms with Crippen LogP contribution < -0.4 is 10.1 Å². The van der Waals surface area contributed by atoms with E-state index in [9.17, 15) is 4.79 Å². The number of carbonyl (C=O) groups is 1. The third-order valence-corrected chi connectivity index (χ3v) is 6.78. The summed E-state index contributed by atoms with van der Waals surface area (Å²) in [5.74, 6) is 0.644. The zero-order valence-corrected chi connectivity index (χ0v) is 20.1. The molecule has 1 N–H and O–H groups in total. The van der Waals surface area contributed by atoms with Crippen LogP contribution in [0.3, 0.4) is 0 Å². The van der Waals surface area contributed by atoms with Gasteiger partial charge in [0.15, 0.2) is 0 Å². The summed E-state index contributed by atoms with van der Waals surface area (Å²) >= 11 is 1.20. The second kappa shape index (κ2) is 11.8. The van der Waals surface area contributed by atoms with Crippen molar-refractivity contribution in [2.45, 2.75) is 57.9 Å². The maximum atomic E-state index is 12.6. The molecule has 3 heterocycles. The molecule has 8 nitrogen and oxygen atoms in total. The van der Waals surface area contributed by atoms with E-state index in [1.165, 1.54) is 31.0 Å². The summed E-state index contributed by atoms with van der Waals surface area (Å²) in [6.45, 7) is 6.45. The summed E-state index contributed by atoms with van der Waals surface area (Å²) in [6, 6.07) is 0.498. The van der Waals surface area contributed by atoms with Gasteiger partial charge < -0.3 is 19.7 Å². The Balaban J connectivity index is 1.50. The Hall–Kier alpha value is -1.71. The minimum atomic E-state index is -0.198. The summed E-state index contributed by atoms with van der Waals surface area (Å²) in [6.07, 6.45) is 9.57. The number of unbranched alkanes of at least 4 members (excludes halogenated alkanes) is 3. The number of nitrogens with one attached hydrogen (secondary N) is 1. The maximum Gasteiger partial charge on any atom is 0.414 e. The van der Waals surface area contributed by atoms with Crippen molar-refractivity contribution in [3.05, 3.63) is 11.8 Å². The normalized spacial score (nSPS) is 22.3. The molecule has 0 spiro atoms. The highest BCUT2D eigenvalue weighted by molar-refractivity contribution is 6.99. The Morgan fingerprint density at radius 3 is 2.84 bits per heavy atom. The van der Waals surface area contributed by atoms with Gasteiger partial charge in [0.05, 0.1) is 31.9 Å². The SMILES string of the molecule is CCCCCCOc1nsnc1C1=CCC[N+](C)(COC(=O)N2CCC(NC)CC2)C1. The molecule has 174 valence electrons. The van der Waals surface area contributed by atoms with E-state index < -0.39 is 0 Å². The molecule has 1 unspecified atom stereocenters. The average molecular weight is 453 g/mol. The number of hydrogen-bond acceptors (Lipinski definition) is 7. The summed E-state index contributed by atoms with van der Waals surface area (Å²) < 4.78 is 21.2. The van der Waals surface area contributed by atoms with Crippen molar-refractivity contribution in [1.82, 2.24) is 19.0 Å². The van der Waals surface area contributed by atoms with E-state index in [2.05, 4.69) is 34.1 Å². The number of carbonyl (C=O) groups excluding carboxylic acids is 1. The van der Waals surface area contributed by atoms with Crippen molar-refractivity contribution in [3.63, 3.8) is 0 Å². The van der Waals surface area contributed by atoms with Crippen LogP contribution in [0.25, 0.3) is 5.57 Å². The number of quaternary nitrogens is 1. The number of rotatable bonds is 10. The van der Waals surface area contributed by atoms with Gasteiger partial charge in [0.1, 0.15) is 12.2 Å². The molecular formula is C22H38N5O3S+. The third kappa shape index (κ3) is 6.89. The van der Waals surface area contributed by atoms with E-state index in [0.29, 0.717) is 29.7 Å². The van der Waals surface area contributed by atoms with Crippen LogP contribution in [0.1, 0.15) is 57.6 Å². The standard InChI is InChI=1S/C22H38N5O3S/c1-4-5-6-7-15-29-21-20(24-31-25-21)18-9-8-14-27(3,16-18)17-30-22(28)26-12-10-19(23-2)11-13-26/h9,19,23H,4-8,10-17H2,1-3H3/q+1. The van der Waals surface area contributed by atoms with Crippen LogP contribution in [0.15, 0.2) is 6.08 Å². The molecule has 1 aromatic heterocycles. The van der Waals surface area contributed by atoms with Gasteiger partial charge in [0.2, 0.25) is 6.73 Å². The van der Waals surface area contributed by atoms with Gasteiger partial charge in [-0.1, -0.05) is 32.3 Å². The van der Waals surface area contributed by atoms with Gasteiger partial charge in [-0.15, -0.1) is 4.37 Å². The Labute approximate surface area is 190 Å². The van der Waals surface area contributed by atoms with Gasteiger partial charge in [0, 0.05) is 31.1 Å². The highest BCUT2D eigenvalue weighted by atomic mass is 32.1. The first kappa shape index (κ1) is 23.9. The van der Waals surface area contributed by atoms with Crippen molar-refractivity contribution in [3.8, 4) is 5.88 Å². The van der Waals surface area contributed by atoms with E-state index in [4.69, 9.17) is 9.47 Å². The molecule has 0 radical (unpaired) electrons. The second-order valence-corrected chi connectivity index (χ2v) is 9.46. The molecule has 9 heteroatoms. The third-order valence-electron chi connectivity index (χ3n) is 6.27. The minimum Gasteiger partial charge on any atom is -0.475 e. The lowest BCUT2D eigenvalue weighted by Gasteiger charge is -2.37. The van der Waals surface area contributed by atoms with Gasteiger partial charge in [0.25, 0.3) is 5.88 Å². The lowest BCUT2D eigenvalue weighted by Crippen LogP contribution is -2.51. The number of amides is 1. The summed E-state index contributed by atoms with van der Waals surface area (Å²) in [5, 5.41) is 3.29. The molecule has 0 aromatic carbocycles. The number of nitrogens with zero attached hydrogens (tertiary/aromatic N) is 4. The van der Waals surface area contributed by atoms with E-state index in [-0.39, 0.29) is 6.09 Å². The lowest BCUT2D eigenvalue weighted by atomic mass is 10.1. The number of hydrogen-bond donors (Lipinski definition) is 1. The molecule has 1 saturated heterocycles. The van der Waals surface area contributed by atoms with Crippen LogP contribution in [0.2, 0.25) is 0 Å². The van der Waals surface area contributed by atoms with Crippen LogP contribution in [0.5, 0.6) is 5.88 Å². The smallest absolute Gasteiger partial charge is 0.414 e. The van der Waals surface area contributed by atoms with E-state index in [1.807, 2.05) is 11.9 Å². The van der Waals surface area contributed by atoms with Crippen LogP contribution in [0, 0.1) is 0 Å². The lowest BCUT2D eigenvalue weighted by molar-refractivity contribution is -0.919. The Kier molecular flexibility index (Phi) is 9.10. The minimum absolute atomic E-state index is 0.198. The molecule has 3 rings (SSSR count). The number of ether oxygens (including phenoxy) is 2. The number of likely N-dealkylation sites (N-methyl/N-ethyl adjacent to an activating group) is 1. The van der Waals surface area contributed by atoms with Crippen molar-refractivity contribution in [1.29, 1.82) is 0 Å². The molecule has 31 heavy (non-hydrogen) atoms. The molecule has 1 atom stereocenters. The van der Waals surface area contributed by atoms with Crippen molar-refractivity contribution in [2.24, 2.45) is 0 Å². The molecule has 1 aromatic rings. The van der Waals surface area contributed by atoms with Gasteiger partial charge in [-0.2, -0.15) is 4.37 Å². The zero-order chi connectivity index (χ0) is 22.1. The van der Waals surface area contributed by atoms with Crippen LogP contribution in [-0.4, -0.2) is 83.9 Å².